The van der Waals surface area contributed by atoms with Crippen molar-refractivity contribution in [1.82, 2.24) is 14.3 Å². The average Bonchev–Trinajstić information content (AvgIpc) is 3.11. The van der Waals surface area contributed by atoms with Crippen LogP contribution in [0.2, 0.25) is 0 Å². The van der Waals surface area contributed by atoms with E-state index in [0.29, 0.717) is 28.5 Å². The standard InChI is InChI=1S/C20H22FN3O4S/c1-24-8-7-22-20(24)19(15-10-17(27-2)12-18(11-15)28-3)23-29(25,26)13-14-5-4-6-16(21)9-14/h4-12,19,23H,13H2,1-3H3. The third-order valence-corrected chi connectivity index (χ3v) is 5.68. The molecule has 1 heterocycles. The fraction of sp³-hybridized carbons (Fsp3) is 0.250. The predicted molar refractivity (Wildman–Crippen MR) is 107 cm³/mol. The van der Waals surface area contributed by atoms with Gasteiger partial charge in [0.05, 0.1) is 20.0 Å². The molecule has 0 aliphatic rings. The van der Waals surface area contributed by atoms with Crippen molar-refractivity contribution in [3.63, 3.8) is 0 Å². The van der Waals surface area contributed by atoms with E-state index in [-0.39, 0.29) is 5.75 Å². The van der Waals surface area contributed by atoms with Crippen molar-refractivity contribution in [3.05, 3.63) is 77.6 Å². The smallest absolute Gasteiger partial charge is 0.216 e. The van der Waals surface area contributed by atoms with Crippen molar-refractivity contribution in [3.8, 4) is 11.5 Å². The number of hydrogen-bond donors (Lipinski definition) is 1. The summed E-state index contributed by atoms with van der Waals surface area (Å²) in [6, 6.07) is 9.83. The minimum atomic E-state index is -3.83. The summed E-state index contributed by atoms with van der Waals surface area (Å²) in [6.07, 6.45) is 3.31. The second-order valence-electron chi connectivity index (χ2n) is 6.48. The summed E-state index contributed by atoms with van der Waals surface area (Å²) < 4.78 is 54.2. The van der Waals surface area contributed by atoms with Crippen molar-refractivity contribution in [2.75, 3.05) is 14.2 Å². The van der Waals surface area contributed by atoms with Gasteiger partial charge in [0, 0.05) is 25.5 Å². The van der Waals surface area contributed by atoms with Gasteiger partial charge in [-0.25, -0.2) is 17.8 Å². The molecule has 0 aliphatic carbocycles. The topological polar surface area (TPSA) is 82.4 Å². The zero-order valence-electron chi connectivity index (χ0n) is 16.3. The fourth-order valence-corrected chi connectivity index (χ4v) is 4.29. The number of nitrogens with zero attached hydrogens (tertiary/aromatic N) is 2. The third-order valence-electron chi connectivity index (χ3n) is 4.37. The van der Waals surface area contributed by atoms with Crippen LogP contribution in [0.1, 0.15) is 23.0 Å². The highest BCUT2D eigenvalue weighted by atomic mass is 32.2. The third kappa shape index (κ3) is 5.12. The monoisotopic (exact) mass is 419 g/mol. The number of imidazole rings is 1. The van der Waals surface area contributed by atoms with Gasteiger partial charge in [-0.2, -0.15) is 4.72 Å². The highest BCUT2D eigenvalue weighted by molar-refractivity contribution is 7.88. The van der Waals surface area contributed by atoms with Crippen molar-refractivity contribution in [2.45, 2.75) is 11.8 Å². The maximum absolute atomic E-state index is 13.5. The summed E-state index contributed by atoms with van der Waals surface area (Å²) in [7, 11) is 0.972. The maximum atomic E-state index is 13.5. The SMILES string of the molecule is COc1cc(OC)cc(C(NS(=O)(=O)Cc2cccc(F)c2)c2nccn2C)c1. The van der Waals surface area contributed by atoms with E-state index in [1.807, 2.05) is 0 Å². The Morgan fingerprint density at radius 1 is 1.14 bits per heavy atom. The summed E-state index contributed by atoms with van der Waals surface area (Å²) >= 11 is 0. The molecule has 3 rings (SSSR count). The number of halogens is 1. The number of aryl methyl sites for hydroxylation is 1. The first-order valence-corrected chi connectivity index (χ1v) is 10.4. The number of hydrogen-bond acceptors (Lipinski definition) is 5. The molecular weight excluding hydrogens is 397 g/mol. The lowest BCUT2D eigenvalue weighted by atomic mass is 10.1. The molecule has 2 aromatic carbocycles. The van der Waals surface area contributed by atoms with Gasteiger partial charge in [-0.15, -0.1) is 0 Å². The Balaban J connectivity index is 2.00. The number of ether oxygens (including phenoxy) is 2. The summed E-state index contributed by atoms with van der Waals surface area (Å²) in [5.41, 5.74) is 0.942. The van der Waals surface area contributed by atoms with Crippen LogP contribution in [-0.4, -0.2) is 32.2 Å². The number of nitrogens with one attached hydrogen (secondary N) is 1. The molecule has 29 heavy (non-hydrogen) atoms. The molecule has 1 N–H and O–H groups in total. The van der Waals surface area contributed by atoms with Crippen molar-refractivity contribution >= 4 is 10.0 Å². The Labute approximate surface area is 169 Å². The van der Waals surface area contributed by atoms with Gasteiger partial charge in [-0.05, 0) is 35.4 Å². The molecule has 0 amide bonds. The number of aromatic nitrogens is 2. The molecule has 0 saturated carbocycles. The van der Waals surface area contributed by atoms with Gasteiger partial charge in [0.2, 0.25) is 10.0 Å². The lowest BCUT2D eigenvalue weighted by Gasteiger charge is -2.20. The van der Waals surface area contributed by atoms with Crippen LogP contribution in [0, 0.1) is 5.82 Å². The number of benzene rings is 2. The maximum Gasteiger partial charge on any atom is 0.216 e. The molecule has 154 valence electrons. The van der Waals surface area contributed by atoms with Crippen molar-refractivity contribution < 1.29 is 22.3 Å². The molecule has 3 aromatic rings. The Hall–Kier alpha value is -2.91. The molecule has 0 bridgehead atoms. The van der Waals surface area contributed by atoms with Crippen LogP contribution in [0.25, 0.3) is 0 Å². The van der Waals surface area contributed by atoms with E-state index in [0.717, 1.165) is 0 Å². The van der Waals surface area contributed by atoms with Crippen molar-refractivity contribution in [2.24, 2.45) is 7.05 Å². The van der Waals surface area contributed by atoms with Gasteiger partial charge in [0.1, 0.15) is 29.2 Å². The largest absolute Gasteiger partial charge is 0.497 e. The molecule has 0 fully saturated rings. The van der Waals surface area contributed by atoms with Crippen LogP contribution >= 0.6 is 0 Å². The Morgan fingerprint density at radius 3 is 2.38 bits per heavy atom. The lowest BCUT2D eigenvalue weighted by Crippen LogP contribution is -2.32. The number of methoxy groups -OCH3 is 2. The summed E-state index contributed by atoms with van der Waals surface area (Å²) in [5.74, 6) is 0.664. The molecule has 9 heteroatoms. The zero-order valence-corrected chi connectivity index (χ0v) is 17.1. The minimum absolute atomic E-state index is 0.347. The molecule has 0 radical (unpaired) electrons. The van der Waals surface area contributed by atoms with Crippen LogP contribution in [0.4, 0.5) is 4.39 Å². The first-order valence-electron chi connectivity index (χ1n) is 8.76. The highest BCUT2D eigenvalue weighted by Crippen LogP contribution is 2.30. The molecule has 0 spiro atoms. The van der Waals surface area contributed by atoms with E-state index in [9.17, 15) is 12.8 Å². The molecule has 1 aromatic heterocycles. The molecule has 7 nitrogen and oxygen atoms in total. The van der Waals surface area contributed by atoms with Gasteiger partial charge in [0.25, 0.3) is 0 Å². The Morgan fingerprint density at radius 2 is 1.83 bits per heavy atom. The van der Waals surface area contributed by atoms with E-state index < -0.39 is 21.9 Å². The van der Waals surface area contributed by atoms with E-state index in [1.54, 1.807) is 48.3 Å². The van der Waals surface area contributed by atoms with Gasteiger partial charge < -0.3 is 14.0 Å². The quantitative estimate of drug-likeness (QED) is 0.607. The minimum Gasteiger partial charge on any atom is -0.497 e. The highest BCUT2D eigenvalue weighted by Gasteiger charge is 2.26. The zero-order chi connectivity index (χ0) is 21.0. The summed E-state index contributed by atoms with van der Waals surface area (Å²) in [4.78, 5) is 4.30. The van der Waals surface area contributed by atoms with Gasteiger partial charge in [-0.1, -0.05) is 12.1 Å². The lowest BCUT2D eigenvalue weighted by molar-refractivity contribution is 0.392. The van der Waals surface area contributed by atoms with E-state index in [1.165, 1.54) is 32.4 Å². The summed E-state index contributed by atoms with van der Waals surface area (Å²) in [6.45, 7) is 0. The van der Waals surface area contributed by atoms with Gasteiger partial charge in [-0.3, -0.25) is 0 Å². The normalized spacial score (nSPS) is 12.6. The Bertz CT molecular complexity index is 1080. The number of rotatable bonds is 8. The second kappa shape index (κ2) is 8.62. The van der Waals surface area contributed by atoms with Crippen LogP contribution < -0.4 is 14.2 Å². The van der Waals surface area contributed by atoms with E-state index >= 15 is 0 Å². The second-order valence-corrected chi connectivity index (χ2v) is 8.24. The van der Waals surface area contributed by atoms with Crippen LogP contribution in [-0.2, 0) is 22.8 Å². The molecule has 0 saturated heterocycles. The van der Waals surface area contributed by atoms with Crippen LogP contribution in [0.5, 0.6) is 11.5 Å². The van der Waals surface area contributed by atoms with Gasteiger partial charge >= 0.3 is 0 Å². The molecular formula is C20H22FN3O4S. The first kappa shape index (κ1) is 20.8. The van der Waals surface area contributed by atoms with Gasteiger partial charge in [0.15, 0.2) is 0 Å². The average molecular weight is 419 g/mol. The molecule has 1 unspecified atom stereocenters. The van der Waals surface area contributed by atoms with E-state index in [4.69, 9.17) is 9.47 Å². The van der Waals surface area contributed by atoms with Crippen LogP contribution in [0.15, 0.2) is 54.9 Å². The van der Waals surface area contributed by atoms with Crippen molar-refractivity contribution in [1.29, 1.82) is 0 Å². The predicted octanol–water partition coefficient (Wildman–Crippen LogP) is 2.79. The fourth-order valence-electron chi connectivity index (χ4n) is 2.99. The van der Waals surface area contributed by atoms with Crippen LogP contribution in [0.3, 0.4) is 0 Å². The number of sulfonamides is 1. The molecule has 0 aliphatic heterocycles. The van der Waals surface area contributed by atoms with E-state index in [2.05, 4.69) is 9.71 Å². The Kier molecular flexibility index (Phi) is 6.19. The molecule has 1 atom stereocenters. The first-order chi connectivity index (χ1) is 13.8. The summed E-state index contributed by atoms with van der Waals surface area (Å²) in [5, 5.41) is 0.